The van der Waals surface area contributed by atoms with Crippen LogP contribution < -0.4 is 5.32 Å². The fraction of sp³-hybridized carbons (Fsp3) is 0.200. The minimum Gasteiger partial charge on any atom is -0.441 e. The molecule has 0 fully saturated rings. The van der Waals surface area contributed by atoms with Crippen molar-refractivity contribution in [3.8, 4) is 0 Å². The highest BCUT2D eigenvalue weighted by Gasteiger charge is 2.16. The van der Waals surface area contributed by atoms with E-state index in [9.17, 15) is 0 Å². The maximum absolute atomic E-state index is 5.79. The summed E-state index contributed by atoms with van der Waals surface area (Å²) in [5.74, 6) is 1.70. The third-order valence-corrected chi connectivity index (χ3v) is 4.05. The second-order valence-corrected chi connectivity index (χ2v) is 5.80. The zero-order valence-corrected chi connectivity index (χ0v) is 13.6. The van der Waals surface area contributed by atoms with E-state index in [4.69, 9.17) is 9.41 Å². The fourth-order valence-corrected chi connectivity index (χ4v) is 2.93. The number of oxazole rings is 1. The van der Waals surface area contributed by atoms with Crippen molar-refractivity contribution in [2.75, 3.05) is 0 Å². The molecule has 1 aliphatic rings. The van der Waals surface area contributed by atoms with Crippen LogP contribution in [-0.4, -0.2) is 10.8 Å². The molecule has 24 heavy (non-hydrogen) atoms. The molecule has 2 heterocycles. The number of hydrogen-bond acceptors (Lipinski definition) is 4. The molecule has 0 atom stereocenters. The van der Waals surface area contributed by atoms with Crippen molar-refractivity contribution in [3.05, 3.63) is 66.1 Å². The summed E-state index contributed by atoms with van der Waals surface area (Å²) in [4.78, 5) is 9.27. The Hall–Kier alpha value is -2.88. The second-order valence-electron chi connectivity index (χ2n) is 5.80. The van der Waals surface area contributed by atoms with Crippen molar-refractivity contribution in [3.63, 3.8) is 0 Å². The van der Waals surface area contributed by atoms with Gasteiger partial charge in [0.15, 0.2) is 11.5 Å². The number of amidine groups is 1. The van der Waals surface area contributed by atoms with Crippen LogP contribution in [0.15, 0.2) is 64.0 Å². The minimum atomic E-state index is 0.724. The number of rotatable bonds is 4. The van der Waals surface area contributed by atoms with E-state index in [1.54, 1.807) is 0 Å². The lowest BCUT2D eigenvalue weighted by Gasteiger charge is -2.20. The monoisotopic (exact) mass is 317 g/mol. The van der Waals surface area contributed by atoms with Gasteiger partial charge in [-0.3, -0.25) is 0 Å². The number of nitrogens with one attached hydrogen (secondary N) is 1. The zero-order chi connectivity index (χ0) is 16.4. The van der Waals surface area contributed by atoms with E-state index >= 15 is 0 Å². The first-order valence-electron chi connectivity index (χ1n) is 8.32. The molecule has 0 bridgehead atoms. The van der Waals surface area contributed by atoms with Crippen LogP contribution in [0.2, 0.25) is 0 Å². The molecule has 4 rings (SSSR count). The summed E-state index contributed by atoms with van der Waals surface area (Å²) in [6.07, 6.45) is 4.67. The molecule has 0 saturated heterocycles. The number of nitrogens with zero attached hydrogens (tertiary/aromatic N) is 2. The van der Waals surface area contributed by atoms with Crippen molar-refractivity contribution in [1.29, 1.82) is 0 Å². The van der Waals surface area contributed by atoms with E-state index in [0.29, 0.717) is 0 Å². The van der Waals surface area contributed by atoms with Crippen molar-refractivity contribution in [2.45, 2.75) is 26.2 Å². The van der Waals surface area contributed by atoms with E-state index in [2.05, 4.69) is 35.4 Å². The van der Waals surface area contributed by atoms with Gasteiger partial charge in [-0.1, -0.05) is 43.3 Å². The Balaban J connectivity index is 1.56. The molecule has 2 aromatic carbocycles. The van der Waals surface area contributed by atoms with Crippen LogP contribution in [0.25, 0.3) is 16.8 Å². The zero-order valence-electron chi connectivity index (χ0n) is 13.6. The van der Waals surface area contributed by atoms with Crippen molar-refractivity contribution in [2.24, 2.45) is 4.99 Å². The lowest BCUT2D eigenvalue weighted by atomic mass is 10.1. The van der Waals surface area contributed by atoms with Gasteiger partial charge < -0.3 is 9.73 Å². The van der Waals surface area contributed by atoms with Crippen LogP contribution in [-0.2, 0) is 6.42 Å². The van der Waals surface area contributed by atoms with E-state index in [0.717, 1.165) is 59.0 Å². The van der Waals surface area contributed by atoms with Gasteiger partial charge in [-0.2, -0.15) is 0 Å². The molecule has 4 heteroatoms. The summed E-state index contributed by atoms with van der Waals surface area (Å²) in [6.45, 7) is 2.14. The van der Waals surface area contributed by atoms with Crippen molar-refractivity contribution < 1.29 is 4.42 Å². The fourth-order valence-electron chi connectivity index (χ4n) is 2.93. The van der Waals surface area contributed by atoms with Crippen LogP contribution in [0, 0.1) is 0 Å². The molecule has 1 aliphatic heterocycles. The molecule has 4 nitrogen and oxygen atoms in total. The highest BCUT2D eigenvalue weighted by atomic mass is 16.3. The SMILES string of the molecule is CC/C=C1/NC(CCc2nc3ccccc3o2)=Nc2ccccc21. The summed E-state index contributed by atoms with van der Waals surface area (Å²) >= 11 is 0. The van der Waals surface area contributed by atoms with E-state index in [1.165, 1.54) is 0 Å². The molecule has 0 radical (unpaired) electrons. The highest BCUT2D eigenvalue weighted by molar-refractivity contribution is 5.98. The Kier molecular flexibility index (Phi) is 3.87. The summed E-state index contributed by atoms with van der Waals surface area (Å²) in [5.41, 5.74) is 5.05. The lowest BCUT2D eigenvalue weighted by Crippen LogP contribution is -2.25. The Bertz CT molecular complexity index is 904. The number of benzene rings is 2. The van der Waals surface area contributed by atoms with Gasteiger partial charge in [0.05, 0.1) is 5.69 Å². The number of aryl methyl sites for hydroxylation is 1. The molecule has 0 amide bonds. The average Bonchev–Trinajstić information content (AvgIpc) is 3.03. The molecule has 0 unspecified atom stereocenters. The molecule has 3 aromatic rings. The number of hydrogen-bond donors (Lipinski definition) is 1. The Morgan fingerprint density at radius 2 is 1.88 bits per heavy atom. The second kappa shape index (κ2) is 6.32. The Labute approximate surface area is 140 Å². The van der Waals surface area contributed by atoms with Gasteiger partial charge in [-0.05, 0) is 24.6 Å². The largest absolute Gasteiger partial charge is 0.441 e. The summed E-state index contributed by atoms with van der Waals surface area (Å²) in [5, 5.41) is 3.46. The van der Waals surface area contributed by atoms with Gasteiger partial charge >= 0.3 is 0 Å². The molecular weight excluding hydrogens is 298 g/mol. The first kappa shape index (κ1) is 14.7. The van der Waals surface area contributed by atoms with E-state index in [1.807, 2.05) is 36.4 Å². The van der Waals surface area contributed by atoms with Gasteiger partial charge in [0, 0.05) is 24.1 Å². The van der Waals surface area contributed by atoms with Crippen LogP contribution >= 0.6 is 0 Å². The third kappa shape index (κ3) is 2.83. The highest BCUT2D eigenvalue weighted by Crippen LogP contribution is 2.29. The first-order chi connectivity index (χ1) is 11.8. The van der Waals surface area contributed by atoms with Gasteiger partial charge in [-0.25, -0.2) is 9.98 Å². The van der Waals surface area contributed by atoms with Crippen molar-refractivity contribution >= 4 is 28.3 Å². The number of fused-ring (bicyclic) bond motifs is 2. The molecule has 1 aromatic heterocycles. The van der Waals surface area contributed by atoms with Gasteiger partial charge in [0.1, 0.15) is 11.4 Å². The number of aliphatic imine (C=N–C) groups is 1. The molecule has 1 N–H and O–H groups in total. The minimum absolute atomic E-state index is 0.724. The number of para-hydroxylation sites is 3. The van der Waals surface area contributed by atoms with Gasteiger partial charge in [0.25, 0.3) is 0 Å². The molecular formula is C20H19N3O. The number of aromatic nitrogens is 1. The van der Waals surface area contributed by atoms with Crippen LogP contribution in [0.5, 0.6) is 0 Å². The predicted octanol–water partition coefficient (Wildman–Crippen LogP) is 4.84. The lowest BCUT2D eigenvalue weighted by molar-refractivity contribution is 0.532. The summed E-state index contributed by atoms with van der Waals surface area (Å²) < 4.78 is 5.79. The summed E-state index contributed by atoms with van der Waals surface area (Å²) in [7, 11) is 0. The smallest absolute Gasteiger partial charge is 0.195 e. The number of allylic oxidation sites excluding steroid dienone is 1. The van der Waals surface area contributed by atoms with E-state index in [-0.39, 0.29) is 0 Å². The average molecular weight is 317 g/mol. The molecule has 0 saturated carbocycles. The third-order valence-electron chi connectivity index (χ3n) is 4.05. The first-order valence-corrected chi connectivity index (χ1v) is 8.32. The molecule has 120 valence electrons. The van der Waals surface area contributed by atoms with Crippen LogP contribution in [0.1, 0.15) is 31.2 Å². The van der Waals surface area contributed by atoms with Crippen LogP contribution in [0.3, 0.4) is 0 Å². The molecule has 0 aliphatic carbocycles. The Morgan fingerprint density at radius 1 is 1.04 bits per heavy atom. The maximum atomic E-state index is 5.79. The predicted molar refractivity (Wildman–Crippen MR) is 97.3 cm³/mol. The Morgan fingerprint density at radius 3 is 2.75 bits per heavy atom. The molecule has 0 spiro atoms. The van der Waals surface area contributed by atoms with Gasteiger partial charge in [-0.15, -0.1) is 0 Å². The van der Waals surface area contributed by atoms with E-state index < -0.39 is 0 Å². The standard InChI is InChI=1S/C20H19N3O/c1-2-7-15-14-8-3-4-9-16(14)22-19(21-15)12-13-20-23-17-10-5-6-11-18(17)24-20/h3-11H,2,12-13H2,1H3,(H,21,22)/b15-7+. The van der Waals surface area contributed by atoms with Crippen molar-refractivity contribution in [1.82, 2.24) is 10.3 Å². The normalized spacial score (nSPS) is 15.2. The topological polar surface area (TPSA) is 50.4 Å². The van der Waals surface area contributed by atoms with Crippen LogP contribution in [0.4, 0.5) is 5.69 Å². The quantitative estimate of drug-likeness (QED) is 0.748. The maximum Gasteiger partial charge on any atom is 0.195 e. The van der Waals surface area contributed by atoms with Gasteiger partial charge in [0.2, 0.25) is 0 Å². The summed E-state index contributed by atoms with van der Waals surface area (Å²) in [6, 6.07) is 16.1.